The second-order valence-corrected chi connectivity index (χ2v) is 23.2. The van der Waals surface area contributed by atoms with Crippen LogP contribution in [0.25, 0.3) is 0 Å². The third-order valence-corrected chi connectivity index (χ3v) is 15.7. The number of carbonyl (C=O) groups is 2. The van der Waals surface area contributed by atoms with Crippen molar-refractivity contribution >= 4 is 11.9 Å². The van der Waals surface area contributed by atoms with Crippen LogP contribution in [0.5, 0.6) is 0 Å². The molecule has 0 aromatic heterocycles. The van der Waals surface area contributed by atoms with Gasteiger partial charge in [0.2, 0.25) is 5.91 Å². The molecule has 0 aliphatic rings. The van der Waals surface area contributed by atoms with Gasteiger partial charge in [0.15, 0.2) is 0 Å². The molecule has 0 heterocycles. The topological polar surface area (TPSA) is 95.9 Å². The number of ether oxygens (including phenoxy) is 1. The Kier molecular flexibility index (Phi) is 62.4. The largest absolute Gasteiger partial charge is 0.466 e. The van der Waals surface area contributed by atoms with Crippen molar-refractivity contribution in [1.82, 2.24) is 5.32 Å². The summed E-state index contributed by atoms with van der Waals surface area (Å²) in [4.78, 5) is 24.5. The zero-order chi connectivity index (χ0) is 53.6. The first-order valence-electron chi connectivity index (χ1n) is 33.6. The highest BCUT2D eigenvalue weighted by Crippen LogP contribution is 2.18. The van der Waals surface area contributed by atoms with Crippen LogP contribution in [0.15, 0.2) is 24.3 Å². The lowest BCUT2D eigenvalue weighted by Gasteiger charge is -2.20. The van der Waals surface area contributed by atoms with E-state index in [2.05, 4.69) is 31.3 Å². The van der Waals surface area contributed by atoms with Crippen LogP contribution in [0.3, 0.4) is 0 Å². The van der Waals surface area contributed by atoms with Gasteiger partial charge in [-0.05, 0) is 57.8 Å². The van der Waals surface area contributed by atoms with Crippen molar-refractivity contribution < 1.29 is 24.5 Å². The fraction of sp³-hybridized carbons (Fsp3) is 0.912. The van der Waals surface area contributed by atoms with Crippen molar-refractivity contribution in [2.45, 2.75) is 386 Å². The van der Waals surface area contributed by atoms with Crippen LogP contribution >= 0.6 is 0 Å². The highest BCUT2D eigenvalue weighted by atomic mass is 16.5. The SMILES string of the molecule is CCCCCCCCCCCCC/C=C/C(O)C(CO)NC(=O)CCCCCCCCCCCCCCCC/C=C\CCCCCCCCCCCCCCOC(=O)CCCCCCCCCCCCCCCC. The summed E-state index contributed by atoms with van der Waals surface area (Å²) >= 11 is 0. The predicted octanol–water partition coefficient (Wildman–Crippen LogP) is 21.4. The number of nitrogens with one attached hydrogen (secondary N) is 1. The van der Waals surface area contributed by atoms with E-state index in [-0.39, 0.29) is 18.5 Å². The van der Waals surface area contributed by atoms with E-state index in [1.807, 2.05) is 6.08 Å². The van der Waals surface area contributed by atoms with Gasteiger partial charge in [0.1, 0.15) is 0 Å². The van der Waals surface area contributed by atoms with Crippen molar-refractivity contribution in [2.75, 3.05) is 13.2 Å². The Morgan fingerprint density at radius 1 is 0.365 bits per heavy atom. The number of unbranched alkanes of at least 4 members (excludes halogenated alkanes) is 50. The molecule has 0 rings (SSSR count). The molecule has 0 aliphatic heterocycles. The van der Waals surface area contributed by atoms with Gasteiger partial charge in [-0.2, -0.15) is 0 Å². The molecule has 6 heteroatoms. The number of aliphatic hydroxyl groups is 2. The van der Waals surface area contributed by atoms with Gasteiger partial charge in [0, 0.05) is 12.8 Å². The van der Waals surface area contributed by atoms with Crippen LogP contribution in [-0.2, 0) is 14.3 Å². The van der Waals surface area contributed by atoms with E-state index in [1.165, 1.54) is 308 Å². The van der Waals surface area contributed by atoms with Gasteiger partial charge in [-0.15, -0.1) is 0 Å². The normalized spacial score (nSPS) is 12.6. The molecule has 1 amide bonds. The van der Waals surface area contributed by atoms with Gasteiger partial charge in [-0.1, -0.05) is 327 Å². The van der Waals surface area contributed by atoms with Crippen LogP contribution in [0, 0.1) is 0 Å². The second-order valence-electron chi connectivity index (χ2n) is 23.2. The van der Waals surface area contributed by atoms with Crippen LogP contribution in [0.4, 0.5) is 0 Å². The van der Waals surface area contributed by atoms with E-state index < -0.39 is 12.1 Å². The summed E-state index contributed by atoms with van der Waals surface area (Å²) in [6.07, 6.45) is 79.6. The zero-order valence-corrected chi connectivity index (χ0v) is 50.1. The highest BCUT2D eigenvalue weighted by molar-refractivity contribution is 5.76. The Morgan fingerprint density at radius 3 is 0.959 bits per heavy atom. The highest BCUT2D eigenvalue weighted by Gasteiger charge is 2.18. The number of esters is 1. The molecule has 438 valence electrons. The van der Waals surface area contributed by atoms with E-state index in [1.54, 1.807) is 6.08 Å². The lowest BCUT2D eigenvalue weighted by atomic mass is 10.0. The summed E-state index contributed by atoms with van der Waals surface area (Å²) in [7, 11) is 0. The monoisotopic (exact) mass is 1040 g/mol. The summed E-state index contributed by atoms with van der Waals surface area (Å²) in [5.41, 5.74) is 0. The lowest BCUT2D eigenvalue weighted by molar-refractivity contribution is -0.143. The van der Waals surface area contributed by atoms with Crippen molar-refractivity contribution in [1.29, 1.82) is 0 Å². The van der Waals surface area contributed by atoms with E-state index in [9.17, 15) is 19.8 Å². The minimum atomic E-state index is -0.842. The van der Waals surface area contributed by atoms with E-state index >= 15 is 0 Å². The molecule has 3 N–H and O–H groups in total. The van der Waals surface area contributed by atoms with Crippen molar-refractivity contribution in [3.63, 3.8) is 0 Å². The Hall–Kier alpha value is -1.66. The van der Waals surface area contributed by atoms with Crippen LogP contribution in [-0.4, -0.2) is 47.4 Å². The summed E-state index contributed by atoms with van der Waals surface area (Å²) in [6, 6.07) is -0.625. The molecule has 0 fully saturated rings. The molecule has 2 unspecified atom stereocenters. The fourth-order valence-corrected chi connectivity index (χ4v) is 10.6. The van der Waals surface area contributed by atoms with E-state index in [0.717, 1.165) is 38.5 Å². The minimum Gasteiger partial charge on any atom is -0.466 e. The molecule has 6 nitrogen and oxygen atoms in total. The van der Waals surface area contributed by atoms with E-state index in [0.29, 0.717) is 19.4 Å². The first-order valence-corrected chi connectivity index (χ1v) is 33.6. The number of hydrogen-bond donors (Lipinski definition) is 3. The number of rotatable bonds is 63. The Morgan fingerprint density at radius 2 is 0.635 bits per heavy atom. The molecule has 2 atom stereocenters. The number of aliphatic hydroxyl groups excluding tert-OH is 2. The molecule has 0 radical (unpaired) electrons. The molecule has 0 aliphatic carbocycles. The minimum absolute atomic E-state index is 0.0195. The Balaban J connectivity index is 3.36. The first kappa shape index (κ1) is 72.3. The summed E-state index contributed by atoms with van der Waals surface area (Å²) < 4.78 is 5.49. The Labute approximate surface area is 462 Å². The van der Waals surface area contributed by atoms with Gasteiger partial charge >= 0.3 is 5.97 Å². The molecular formula is C68H131NO5. The first-order chi connectivity index (χ1) is 36.5. The Bertz CT molecular complexity index is 1150. The summed E-state index contributed by atoms with van der Waals surface area (Å²) in [5, 5.41) is 23.1. The standard InChI is InChI=1S/C68H131NO5/c1-3-5-7-9-11-13-15-17-38-42-46-50-54-58-62-68(73)74-63-59-55-51-47-43-39-35-33-31-29-27-25-23-21-19-18-20-22-24-26-28-30-32-34-37-41-45-49-53-57-61-67(72)69-65(64-70)66(71)60-56-52-48-44-40-36-16-14-12-10-8-6-4-2/h19,21,56,60,65-66,70-71H,3-18,20,22-55,57-59,61-64H2,1-2H3,(H,69,72)/b21-19-,60-56+. The number of carbonyl (C=O) groups excluding carboxylic acids is 2. The average Bonchev–Trinajstić information content (AvgIpc) is 3.40. The van der Waals surface area contributed by atoms with Crippen molar-refractivity contribution in [2.24, 2.45) is 0 Å². The fourth-order valence-electron chi connectivity index (χ4n) is 10.6. The third-order valence-electron chi connectivity index (χ3n) is 15.7. The van der Waals surface area contributed by atoms with Gasteiger partial charge < -0.3 is 20.3 Å². The number of hydrogen-bond acceptors (Lipinski definition) is 5. The molecule has 0 saturated carbocycles. The molecular weight excluding hydrogens is 911 g/mol. The van der Waals surface area contributed by atoms with Gasteiger partial charge in [-0.3, -0.25) is 9.59 Å². The average molecular weight is 1040 g/mol. The maximum absolute atomic E-state index is 12.5. The molecule has 0 aromatic carbocycles. The molecule has 74 heavy (non-hydrogen) atoms. The second kappa shape index (κ2) is 63.9. The quantitative estimate of drug-likeness (QED) is 0.0320. The lowest BCUT2D eigenvalue weighted by Crippen LogP contribution is -2.45. The summed E-state index contributed by atoms with van der Waals surface area (Å²) in [6.45, 7) is 4.93. The predicted molar refractivity (Wildman–Crippen MR) is 324 cm³/mol. The van der Waals surface area contributed by atoms with Gasteiger partial charge in [0.25, 0.3) is 0 Å². The third kappa shape index (κ3) is 59.6. The van der Waals surface area contributed by atoms with Crippen molar-refractivity contribution in [3.8, 4) is 0 Å². The van der Waals surface area contributed by atoms with Crippen LogP contribution < -0.4 is 5.32 Å². The van der Waals surface area contributed by atoms with E-state index in [4.69, 9.17) is 4.74 Å². The maximum Gasteiger partial charge on any atom is 0.305 e. The van der Waals surface area contributed by atoms with Gasteiger partial charge in [0.05, 0.1) is 25.4 Å². The number of allylic oxidation sites excluding steroid dienone is 3. The molecule has 0 bridgehead atoms. The van der Waals surface area contributed by atoms with Crippen LogP contribution in [0.2, 0.25) is 0 Å². The number of amides is 1. The smallest absolute Gasteiger partial charge is 0.305 e. The van der Waals surface area contributed by atoms with Crippen molar-refractivity contribution in [3.05, 3.63) is 24.3 Å². The zero-order valence-electron chi connectivity index (χ0n) is 50.1. The maximum atomic E-state index is 12.5. The summed E-state index contributed by atoms with van der Waals surface area (Å²) in [5.74, 6) is -0.0457. The molecule has 0 spiro atoms. The van der Waals surface area contributed by atoms with Gasteiger partial charge in [-0.25, -0.2) is 0 Å². The molecule has 0 aromatic rings. The van der Waals surface area contributed by atoms with Crippen LogP contribution in [0.1, 0.15) is 373 Å². The molecule has 0 saturated heterocycles.